The molecule has 2 saturated heterocycles. The Labute approximate surface area is 198 Å². The number of epoxide rings is 2. The van der Waals surface area contributed by atoms with Gasteiger partial charge in [0.15, 0.2) is 0 Å². The summed E-state index contributed by atoms with van der Waals surface area (Å²) in [5.41, 5.74) is 5.51. The van der Waals surface area contributed by atoms with Gasteiger partial charge in [0.05, 0.1) is 13.2 Å². The molecule has 178 valence electrons. The van der Waals surface area contributed by atoms with E-state index in [0.29, 0.717) is 13.2 Å². The first-order chi connectivity index (χ1) is 16.1. The van der Waals surface area contributed by atoms with Crippen molar-refractivity contribution in [2.45, 2.75) is 76.9 Å². The summed E-state index contributed by atoms with van der Waals surface area (Å²) < 4.78 is 22.9. The van der Waals surface area contributed by atoms with E-state index in [0.717, 1.165) is 43.5 Å². The van der Waals surface area contributed by atoms with Crippen molar-refractivity contribution in [1.82, 2.24) is 0 Å². The maximum Gasteiger partial charge on any atom is 0.122 e. The average molecular weight is 451 g/mol. The number of benzene rings is 2. The molecular formula is C29H38O4. The molecule has 1 saturated carbocycles. The van der Waals surface area contributed by atoms with E-state index in [1.54, 1.807) is 0 Å². The van der Waals surface area contributed by atoms with Crippen LogP contribution < -0.4 is 9.47 Å². The minimum Gasteiger partial charge on any atom is -0.491 e. The van der Waals surface area contributed by atoms with Crippen LogP contribution in [0.4, 0.5) is 0 Å². The van der Waals surface area contributed by atoms with Crippen LogP contribution in [0.15, 0.2) is 36.4 Å². The zero-order valence-electron chi connectivity index (χ0n) is 20.4. The molecule has 2 heterocycles. The molecule has 2 aromatic carbocycles. The molecule has 33 heavy (non-hydrogen) atoms. The van der Waals surface area contributed by atoms with Crippen LogP contribution >= 0.6 is 0 Å². The highest BCUT2D eigenvalue weighted by atomic mass is 16.6. The minimum atomic E-state index is 0.0522. The molecule has 0 radical (unpaired) electrons. The molecule has 4 nitrogen and oxygen atoms in total. The van der Waals surface area contributed by atoms with Gasteiger partial charge in [-0.25, -0.2) is 0 Å². The molecule has 2 aromatic rings. The standard InChI is InChI=1S/C29H38O4/c1-4-21-14-23(6-8-27(21)32-18-25-16-30-25)29(12-10-20(3)11-13-29)24-7-9-28(22(5-2)15-24)33-19-26-17-31-26/h6-9,14-15,20,25-26H,4-5,10-13,16-19H2,1-3H3. The lowest BCUT2D eigenvalue weighted by Gasteiger charge is -2.41. The Morgan fingerprint density at radius 2 is 1.24 bits per heavy atom. The van der Waals surface area contributed by atoms with Crippen LogP contribution in [-0.4, -0.2) is 38.6 Å². The van der Waals surface area contributed by atoms with Gasteiger partial charge in [0, 0.05) is 5.41 Å². The first kappa shape index (κ1) is 22.7. The SMILES string of the molecule is CCc1cc(C2(c3ccc(OCC4CO4)c(CC)c3)CCC(C)CC2)ccc1OCC1CO1. The molecule has 3 fully saturated rings. The van der Waals surface area contributed by atoms with Gasteiger partial charge in [0.2, 0.25) is 0 Å². The summed E-state index contributed by atoms with van der Waals surface area (Å²) in [7, 11) is 0. The summed E-state index contributed by atoms with van der Waals surface area (Å²) in [6, 6.07) is 13.9. The highest BCUT2D eigenvalue weighted by Crippen LogP contribution is 2.48. The van der Waals surface area contributed by atoms with E-state index in [1.807, 2.05) is 0 Å². The molecule has 0 aromatic heterocycles. The first-order valence-corrected chi connectivity index (χ1v) is 12.9. The molecule has 5 rings (SSSR count). The van der Waals surface area contributed by atoms with Gasteiger partial charge in [0.1, 0.15) is 36.9 Å². The molecular weight excluding hydrogens is 412 g/mol. The number of rotatable bonds is 10. The Morgan fingerprint density at radius 3 is 1.64 bits per heavy atom. The molecule has 0 amide bonds. The maximum absolute atomic E-state index is 6.10. The van der Waals surface area contributed by atoms with Crippen LogP contribution in [0.1, 0.15) is 68.7 Å². The van der Waals surface area contributed by atoms with Crippen molar-refractivity contribution in [3.8, 4) is 11.5 Å². The highest BCUT2D eigenvalue weighted by Gasteiger charge is 2.38. The van der Waals surface area contributed by atoms with Crippen molar-refractivity contribution in [3.05, 3.63) is 58.7 Å². The molecule has 3 aliphatic rings. The van der Waals surface area contributed by atoms with Gasteiger partial charge in [0.25, 0.3) is 0 Å². The van der Waals surface area contributed by atoms with E-state index in [4.69, 9.17) is 18.9 Å². The summed E-state index contributed by atoms with van der Waals surface area (Å²) in [4.78, 5) is 0. The number of hydrogen-bond donors (Lipinski definition) is 0. The van der Waals surface area contributed by atoms with Crippen LogP contribution in [0.5, 0.6) is 11.5 Å². The van der Waals surface area contributed by atoms with Crippen molar-refractivity contribution in [2.75, 3.05) is 26.4 Å². The molecule has 0 bridgehead atoms. The summed E-state index contributed by atoms with van der Waals surface area (Å²) in [6.45, 7) is 9.80. The lowest BCUT2D eigenvalue weighted by molar-refractivity contribution is 0.259. The molecule has 0 N–H and O–H groups in total. The summed E-state index contributed by atoms with van der Waals surface area (Å²) in [5.74, 6) is 2.81. The minimum absolute atomic E-state index is 0.0522. The zero-order valence-corrected chi connectivity index (χ0v) is 20.4. The third-order valence-corrected chi connectivity index (χ3v) is 7.77. The molecule has 4 heteroatoms. The Bertz CT molecular complexity index is 883. The molecule has 1 aliphatic carbocycles. The largest absolute Gasteiger partial charge is 0.491 e. The third kappa shape index (κ3) is 5.07. The Kier molecular flexibility index (Phi) is 6.67. The van der Waals surface area contributed by atoms with Gasteiger partial charge >= 0.3 is 0 Å². The summed E-state index contributed by atoms with van der Waals surface area (Å²) in [5, 5.41) is 0. The van der Waals surface area contributed by atoms with Crippen molar-refractivity contribution in [3.63, 3.8) is 0 Å². The second kappa shape index (κ2) is 9.68. The van der Waals surface area contributed by atoms with Crippen LogP contribution in [0, 0.1) is 5.92 Å². The first-order valence-electron chi connectivity index (χ1n) is 12.9. The van der Waals surface area contributed by atoms with E-state index >= 15 is 0 Å². The van der Waals surface area contributed by atoms with Crippen molar-refractivity contribution >= 4 is 0 Å². The van der Waals surface area contributed by atoms with Gasteiger partial charge in [-0.2, -0.15) is 0 Å². The normalized spacial score (nSPS) is 28.4. The van der Waals surface area contributed by atoms with Crippen LogP contribution in [-0.2, 0) is 27.7 Å². The fourth-order valence-corrected chi connectivity index (χ4v) is 5.28. The zero-order chi connectivity index (χ0) is 22.8. The van der Waals surface area contributed by atoms with Gasteiger partial charge in [-0.15, -0.1) is 0 Å². The van der Waals surface area contributed by atoms with E-state index in [9.17, 15) is 0 Å². The van der Waals surface area contributed by atoms with Gasteiger partial charge < -0.3 is 18.9 Å². The lowest BCUT2D eigenvalue weighted by atomic mass is 9.63. The molecule has 2 unspecified atom stereocenters. The maximum atomic E-state index is 6.10. The predicted octanol–water partition coefficient (Wildman–Crippen LogP) is 5.86. The average Bonchev–Trinajstić information content (AvgIpc) is 3.77. The summed E-state index contributed by atoms with van der Waals surface area (Å²) >= 11 is 0. The topological polar surface area (TPSA) is 43.5 Å². The van der Waals surface area contributed by atoms with Gasteiger partial charge in [-0.05, 0) is 78.8 Å². The number of aryl methyl sites for hydroxylation is 2. The van der Waals surface area contributed by atoms with Gasteiger partial charge in [-0.1, -0.05) is 45.0 Å². The Morgan fingerprint density at radius 1 is 0.788 bits per heavy atom. The smallest absolute Gasteiger partial charge is 0.122 e. The van der Waals surface area contributed by atoms with Crippen LogP contribution in [0.2, 0.25) is 0 Å². The number of ether oxygens (including phenoxy) is 4. The van der Waals surface area contributed by atoms with E-state index < -0.39 is 0 Å². The van der Waals surface area contributed by atoms with Crippen molar-refractivity contribution < 1.29 is 18.9 Å². The lowest BCUT2D eigenvalue weighted by Crippen LogP contribution is -2.33. The third-order valence-electron chi connectivity index (χ3n) is 7.77. The quantitative estimate of drug-likeness (QED) is 0.425. The van der Waals surface area contributed by atoms with E-state index in [-0.39, 0.29) is 17.6 Å². The van der Waals surface area contributed by atoms with Crippen LogP contribution in [0.3, 0.4) is 0 Å². The predicted molar refractivity (Wildman–Crippen MR) is 131 cm³/mol. The fraction of sp³-hybridized carbons (Fsp3) is 0.586. The Balaban J connectivity index is 1.47. The fourth-order valence-electron chi connectivity index (χ4n) is 5.28. The number of hydrogen-bond acceptors (Lipinski definition) is 4. The second-order valence-corrected chi connectivity index (χ2v) is 10.1. The highest BCUT2D eigenvalue weighted by molar-refractivity contribution is 5.49. The van der Waals surface area contributed by atoms with Crippen molar-refractivity contribution in [2.24, 2.45) is 5.92 Å². The molecule has 0 spiro atoms. The van der Waals surface area contributed by atoms with Crippen LogP contribution in [0.25, 0.3) is 0 Å². The monoisotopic (exact) mass is 450 g/mol. The summed E-state index contributed by atoms with van der Waals surface area (Å²) in [6.07, 6.45) is 7.39. The van der Waals surface area contributed by atoms with Gasteiger partial charge in [-0.3, -0.25) is 0 Å². The van der Waals surface area contributed by atoms with E-state index in [1.165, 1.54) is 47.9 Å². The van der Waals surface area contributed by atoms with Crippen molar-refractivity contribution in [1.29, 1.82) is 0 Å². The molecule has 2 aliphatic heterocycles. The Hall–Kier alpha value is -2.04. The second-order valence-electron chi connectivity index (χ2n) is 10.1. The van der Waals surface area contributed by atoms with E-state index in [2.05, 4.69) is 57.2 Å². The molecule has 2 atom stereocenters.